The summed E-state index contributed by atoms with van der Waals surface area (Å²) < 4.78 is 13.4. The van der Waals surface area contributed by atoms with Gasteiger partial charge in [0.1, 0.15) is 24.7 Å². The largest absolute Gasteiger partial charge is 0.494 e. The van der Waals surface area contributed by atoms with Crippen LogP contribution in [0.3, 0.4) is 0 Å². The van der Waals surface area contributed by atoms with E-state index in [0.29, 0.717) is 29.4 Å². The summed E-state index contributed by atoms with van der Waals surface area (Å²) in [6.07, 6.45) is 1.69. The van der Waals surface area contributed by atoms with Gasteiger partial charge < -0.3 is 19.4 Å². The molecule has 1 saturated heterocycles. The molecule has 10 heteroatoms. The number of ether oxygens (including phenoxy) is 2. The van der Waals surface area contributed by atoms with Crippen molar-refractivity contribution in [2.45, 2.75) is 27.4 Å². The number of hydrogen-bond acceptors (Lipinski definition) is 7. The molecule has 1 fully saturated rings. The highest BCUT2D eigenvalue weighted by molar-refractivity contribution is 8.18. The number of carbonyl (C=O) groups is 3. The van der Waals surface area contributed by atoms with Crippen molar-refractivity contribution < 1.29 is 23.9 Å². The van der Waals surface area contributed by atoms with Gasteiger partial charge in [0.25, 0.3) is 11.1 Å². The first-order valence-corrected chi connectivity index (χ1v) is 14.8. The first-order chi connectivity index (χ1) is 21.3. The fraction of sp³-hybridized carbons (Fsp3) is 0.176. The Balaban J connectivity index is 1.25. The summed E-state index contributed by atoms with van der Waals surface area (Å²) in [7, 11) is 0. The topological polar surface area (TPSA) is 114 Å². The fourth-order valence-corrected chi connectivity index (χ4v) is 5.69. The quantitative estimate of drug-likeness (QED) is 0.202. The molecular formula is C34H30N4O5S. The Kier molecular flexibility index (Phi) is 9.17. The number of nitriles is 1. The average Bonchev–Trinajstić information content (AvgIpc) is 3.45. The van der Waals surface area contributed by atoms with E-state index in [1.54, 1.807) is 36.4 Å². The minimum atomic E-state index is -0.508. The van der Waals surface area contributed by atoms with Crippen molar-refractivity contribution in [1.29, 1.82) is 5.26 Å². The van der Waals surface area contributed by atoms with Crippen molar-refractivity contribution in [2.24, 2.45) is 0 Å². The molecule has 1 aliphatic heterocycles. The lowest BCUT2D eigenvalue weighted by molar-refractivity contribution is -0.127. The lowest BCUT2D eigenvalue weighted by atomic mass is 10.1. The highest BCUT2D eigenvalue weighted by Gasteiger charge is 2.36. The van der Waals surface area contributed by atoms with Crippen LogP contribution in [0, 0.1) is 25.2 Å². The monoisotopic (exact) mass is 606 g/mol. The average molecular weight is 607 g/mol. The zero-order valence-corrected chi connectivity index (χ0v) is 25.3. The zero-order chi connectivity index (χ0) is 31.2. The number of rotatable bonds is 10. The zero-order valence-electron chi connectivity index (χ0n) is 24.5. The smallest absolute Gasteiger partial charge is 0.294 e. The molecule has 3 amide bonds. The molecule has 0 saturated carbocycles. The van der Waals surface area contributed by atoms with Crippen LogP contribution in [0.5, 0.6) is 11.5 Å². The number of nitrogens with zero attached hydrogens (tertiary/aromatic N) is 3. The van der Waals surface area contributed by atoms with Gasteiger partial charge in [0.15, 0.2) is 0 Å². The Morgan fingerprint density at radius 3 is 2.36 bits per heavy atom. The van der Waals surface area contributed by atoms with Crippen LogP contribution in [-0.2, 0) is 16.2 Å². The van der Waals surface area contributed by atoms with Crippen LogP contribution in [0.2, 0.25) is 0 Å². The number of imide groups is 1. The summed E-state index contributed by atoms with van der Waals surface area (Å²) in [4.78, 5) is 39.6. The minimum absolute atomic E-state index is 0.255. The molecule has 222 valence electrons. The van der Waals surface area contributed by atoms with E-state index in [9.17, 15) is 19.6 Å². The fourth-order valence-electron chi connectivity index (χ4n) is 4.86. The summed E-state index contributed by atoms with van der Waals surface area (Å²) >= 11 is 0.816. The number of hydrogen-bond donors (Lipinski definition) is 1. The normalized spacial score (nSPS) is 13.7. The van der Waals surface area contributed by atoms with Crippen LogP contribution in [0.1, 0.15) is 35.0 Å². The number of nitrogens with one attached hydrogen (secondary N) is 1. The van der Waals surface area contributed by atoms with E-state index in [2.05, 4.69) is 16.0 Å². The van der Waals surface area contributed by atoms with Gasteiger partial charge >= 0.3 is 0 Å². The van der Waals surface area contributed by atoms with E-state index in [-0.39, 0.29) is 18.1 Å². The van der Waals surface area contributed by atoms with Gasteiger partial charge in [-0.2, -0.15) is 5.26 Å². The molecule has 4 aromatic rings. The highest BCUT2D eigenvalue weighted by atomic mass is 32.2. The van der Waals surface area contributed by atoms with Crippen LogP contribution in [-0.4, -0.2) is 39.7 Å². The maximum absolute atomic E-state index is 13.1. The lowest BCUT2D eigenvalue weighted by Gasteiger charge is -2.13. The number of aryl methyl sites for hydroxylation is 1. The molecule has 0 spiro atoms. The van der Waals surface area contributed by atoms with Gasteiger partial charge in [0, 0.05) is 28.3 Å². The van der Waals surface area contributed by atoms with E-state index in [0.717, 1.165) is 44.9 Å². The standard InChI is InChI=1S/C34H30N4O5S/c1-4-42-29-13-9-27(10-14-29)36-32(39)20-37-33(40)31(44-34(37)41)18-26-17-22(2)38(23(26)3)28-11-15-30(16-12-28)43-21-25-8-6-5-7-24(25)19-35/h5-18H,4,20-21H2,1-3H3,(H,36,39)/b31-18+. The molecule has 3 aromatic carbocycles. The predicted octanol–water partition coefficient (Wildman–Crippen LogP) is 6.62. The third-order valence-electron chi connectivity index (χ3n) is 7.01. The molecule has 0 unspecified atom stereocenters. The van der Waals surface area contributed by atoms with E-state index >= 15 is 0 Å². The van der Waals surface area contributed by atoms with Gasteiger partial charge in [-0.3, -0.25) is 19.3 Å². The summed E-state index contributed by atoms with van der Waals surface area (Å²) in [5, 5.41) is 11.5. The van der Waals surface area contributed by atoms with Crippen molar-refractivity contribution in [3.8, 4) is 23.3 Å². The van der Waals surface area contributed by atoms with Crippen molar-refractivity contribution in [1.82, 2.24) is 9.47 Å². The molecule has 9 nitrogen and oxygen atoms in total. The Morgan fingerprint density at radius 2 is 1.66 bits per heavy atom. The SMILES string of the molecule is CCOc1ccc(NC(=O)CN2C(=O)S/C(=C/c3cc(C)n(-c4ccc(OCc5ccccc5C#N)cc4)c3C)C2=O)cc1. The predicted molar refractivity (Wildman–Crippen MR) is 170 cm³/mol. The molecule has 5 rings (SSSR count). The van der Waals surface area contributed by atoms with E-state index in [1.807, 2.05) is 69.3 Å². The Bertz CT molecular complexity index is 1790. The molecule has 2 heterocycles. The van der Waals surface area contributed by atoms with Gasteiger partial charge in [-0.1, -0.05) is 18.2 Å². The van der Waals surface area contributed by atoms with Crippen LogP contribution in [0.4, 0.5) is 10.5 Å². The second-order valence-electron chi connectivity index (χ2n) is 9.99. The summed E-state index contributed by atoms with van der Waals surface area (Å²) in [6.45, 7) is 6.22. The molecule has 0 atom stereocenters. The molecule has 44 heavy (non-hydrogen) atoms. The van der Waals surface area contributed by atoms with Crippen molar-refractivity contribution in [3.05, 3.63) is 112 Å². The van der Waals surface area contributed by atoms with Gasteiger partial charge in [-0.05, 0) is 105 Å². The number of amides is 3. The first-order valence-electron chi connectivity index (χ1n) is 14.0. The number of anilines is 1. The molecule has 1 aliphatic rings. The van der Waals surface area contributed by atoms with Crippen LogP contribution >= 0.6 is 11.8 Å². The van der Waals surface area contributed by atoms with Crippen molar-refractivity contribution >= 4 is 40.6 Å². The Hall–Kier alpha value is -5.27. The van der Waals surface area contributed by atoms with Crippen LogP contribution in [0.25, 0.3) is 11.8 Å². The third-order valence-corrected chi connectivity index (χ3v) is 7.92. The molecular weight excluding hydrogens is 576 g/mol. The van der Waals surface area contributed by atoms with E-state index < -0.39 is 17.1 Å². The van der Waals surface area contributed by atoms with Crippen LogP contribution < -0.4 is 14.8 Å². The van der Waals surface area contributed by atoms with Crippen molar-refractivity contribution in [3.63, 3.8) is 0 Å². The highest BCUT2D eigenvalue weighted by Crippen LogP contribution is 2.34. The number of aromatic nitrogens is 1. The van der Waals surface area contributed by atoms with Gasteiger partial charge in [-0.25, -0.2) is 0 Å². The minimum Gasteiger partial charge on any atom is -0.494 e. The molecule has 1 aromatic heterocycles. The Morgan fingerprint density at radius 1 is 0.977 bits per heavy atom. The Labute approximate surface area is 259 Å². The molecule has 0 bridgehead atoms. The number of benzene rings is 3. The van der Waals surface area contributed by atoms with Crippen LogP contribution in [0.15, 0.2) is 83.8 Å². The molecule has 0 radical (unpaired) electrons. The van der Waals surface area contributed by atoms with E-state index in [4.69, 9.17) is 9.47 Å². The second-order valence-corrected chi connectivity index (χ2v) is 11.0. The van der Waals surface area contributed by atoms with Crippen molar-refractivity contribution in [2.75, 3.05) is 18.5 Å². The maximum atomic E-state index is 13.1. The first kappa shape index (κ1) is 30.2. The third kappa shape index (κ3) is 6.69. The number of carbonyl (C=O) groups excluding carboxylic acids is 3. The summed E-state index contributed by atoms with van der Waals surface area (Å²) in [5.41, 5.74) is 5.47. The maximum Gasteiger partial charge on any atom is 0.294 e. The van der Waals surface area contributed by atoms with Gasteiger partial charge in [-0.15, -0.1) is 0 Å². The number of thioether (sulfide) groups is 1. The van der Waals surface area contributed by atoms with E-state index in [1.165, 1.54) is 0 Å². The molecule has 1 N–H and O–H groups in total. The lowest BCUT2D eigenvalue weighted by Crippen LogP contribution is -2.36. The summed E-state index contributed by atoms with van der Waals surface area (Å²) in [6, 6.07) is 25.9. The molecule has 0 aliphatic carbocycles. The van der Waals surface area contributed by atoms with Gasteiger partial charge in [0.2, 0.25) is 5.91 Å². The van der Waals surface area contributed by atoms with Gasteiger partial charge in [0.05, 0.1) is 23.1 Å². The summed E-state index contributed by atoms with van der Waals surface area (Å²) in [5.74, 6) is 0.370. The second kappa shape index (κ2) is 13.4.